The molecule has 112 valence electrons. The van der Waals surface area contributed by atoms with Crippen molar-refractivity contribution in [2.24, 2.45) is 5.73 Å². The Morgan fingerprint density at radius 2 is 1.95 bits per heavy atom. The smallest absolute Gasteiger partial charge is 0.250 e. The van der Waals surface area contributed by atoms with Crippen molar-refractivity contribution in [2.45, 2.75) is 0 Å². The van der Waals surface area contributed by atoms with Gasteiger partial charge < -0.3 is 11.1 Å². The van der Waals surface area contributed by atoms with Crippen LogP contribution in [-0.2, 0) is 4.79 Å². The van der Waals surface area contributed by atoms with E-state index < -0.39 is 5.91 Å². The van der Waals surface area contributed by atoms with Crippen molar-refractivity contribution in [3.8, 4) is 0 Å². The van der Waals surface area contributed by atoms with Gasteiger partial charge in [-0.3, -0.25) is 9.59 Å². The van der Waals surface area contributed by atoms with E-state index >= 15 is 0 Å². The van der Waals surface area contributed by atoms with Crippen molar-refractivity contribution in [1.29, 1.82) is 0 Å². The lowest BCUT2D eigenvalue weighted by atomic mass is 10.1. The van der Waals surface area contributed by atoms with Crippen LogP contribution in [0.4, 0.5) is 5.69 Å². The molecule has 22 heavy (non-hydrogen) atoms. The summed E-state index contributed by atoms with van der Waals surface area (Å²) in [7, 11) is 0. The minimum absolute atomic E-state index is 0.274. The van der Waals surface area contributed by atoms with Crippen molar-refractivity contribution >= 4 is 57.8 Å². The summed E-state index contributed by atoms with van der Waals surface area (Å²) < 4.78 is 0.860. The first-order chi connectivity index (χ1) is 10.5. The van der Waals surface area contributed by atoms with E-state index in [4.69, 9.17) is 17.3 Å². The van der Waals surface area contributed by atoms with E-state index in [1.165, 1.54) is 6.08 Å². The zero-order chi connectivity index (χ0) is 16.1. The van der Waals surface area contributed by atoms with Gasteiger partial charge >= 0.3 is 0 Å². The summed E-state index contributed by atoms with van der Waals surface area (Å²) in [4.78, 5) is 23.4. The SMILES string of the molecule is NC(=O)c1cc(I)ccc1NC(=O)/C=C/c1cccc(Cl)c1. The Labute approximate surface area is 146 Å². The molecule has 2 aromatic rings. The molecule has 0 aromatic heterocycles. The Bertz CT molecular complexity index is 760. The monoisotopic (exact) mass is 426 g/mol. The van der Waals surface area contributed by atoms with Crippen LogP contribution < -0.4 is 11.1 Å². The summed E-state index contributed by atoms with van der Waals surface area (Å²) in [5, 5.41) is 3.23. The topological polar surface area (TPSA) is 72.2 Å². The minimum atomic E-state index is -0.590. The van der Waals surface area contributed by atoms with Gasteiger partial charge in [-0.25, -0.2) is 0 Å². The average Bonchev–Trinajstić information content (AvgIpc) is 2.47. The lowest BCUT2D eigenvalue weighted by Gasteiger charge is -2.07. The van der Waals surface area contributed by atoms with Crippen LogP contribution in [0.1, 0.15) is 15.9 Å². The maximum absolute atomic E-state index is 11.9. The van der Waals surface area contributed by atoms with E-state index in [0.717, 1.165) is 9.13 Å². The number of carbonyl (C=O) groups is 2. The number of nitrogens with one attached hydrogen (secondary N) is 1. The van der Waals surface area contributed by atoms with Gasteiger partial charge in [0.25, 0.3) is 5.91 Å². The van der Waals surface area contributed by atoms with Crippen LogP contribution >= 0.6 is 34.2 Å². The molecule has 0 bridgehead atoms. The Morgan fingerprint density at radius 3 is 2.64 bits per heavy atom. The predicted molar refractivity (Wildman–Crippen MR) is 96.8 cm³/mol. The Hall–Kier alpha value is -1.86. The maximum atomic E-state index is 11.9. The molecule has 2 rings (SSSR count). The summed E-state index contributed by atoms with van der Waals surface area (Å²) in [5.74, 6) is -0.948. The summed E-state index contributed by atoms with van der Waals surface area (Å²) in [6.07, 6.45) is 3.01. The van der Waals surface area contributed by atoms with Crippen LogP contribution in [0.15, 0.2) is 48.5 Å². The third-order valence-corrected chi connectivity index (χ3v) is 3.69. The number of carbonyl (C=O) groups excluding carboxylic acids is 2. The summed E-state index contributed by atoms with van der Waals surface area (Å²) in [6.45, 7) is 0. The van der Waals surface area contributed by atoms with E-state index in [-0.39, 0.29) is 11.5 Å². The number of hydrogen-bond acceptors (Lipinski definition) is 2. The van der Waals surface area contributed by atoms with Crippen LogP contribution in [0.3, 0.4) is 0 Å². The van der Waals surface area contributed by atoms with Gasteiger partial charge in [-0.05, 0) is 64.6 Å². The molecule has 4 nitrogen and oxygen atoms in total. The van der Waals surface area contributed by atoms with Gasteiger partial charge in [-0.15, -0.1) is 0 Å². The van der Waals surface area contributed by atoms with Crippen LogP contribution in [0.25, 0.3) is 6.08 Å². The highest BCUT2D eigenvalue weighted by molar-refractivity contribution is 14.1. The fourth-order valence-electron chi connectivity index (χ4n) is 1.79. The molecule has 0 spiro atoms. The second-order valence-electron chi connectivity index (χ2n) is 4.43. The van der Waals surface area contributed by atoms with Crippen LogP contribution in [0, 0.1) is 3.57 Å². The highest BCUT2D eigenvalue weighted by atomic mass is 127. The molecule has 0 radical (unpaired) electrons. The predicted octanol–water partition coefficient (Wildman–Crippen LogP) is 3.70. The number of rotatable bonds is 4. The molecule has 0 aliphatic carbocycles. The summed E-state index contributed by atoms with van der Waals surface area (Å²) >= 11 is 7.94. The van der Waals surface area contributed by atoms with E-state index in [2.05, 4.69) is 27.9 Å². The number of anilines is 1. The first kappa shape index (κ1) is 16.5. The molecule has 0 fully saturated rings. The molecule has 0 heterocycles. The molecule has 0 aliphatic heterocycles. The van der Waals surface area contributed by atoms with Crippen molar-refractivity contribution in [3.05, 3.63) is 68.3 Å². The molecule has 0 aliphatic rings. The third-order valence-electron chi connectivity index (χ3n) is 2.78. The maximum Gasteiger partial charge on any atom is 0.250 e. The normalized spacial score (nSPS) is 10.6. The number of halogens is 2. The highest BCUT2D eigenvalue weighted by Crippen LogP contribution is 2.19. The number of amides is 2. The minimum Gasteiger partial charge on any atom is -0.366 e. The fourth-order valence-corrected chi connectivity index (χ4v) is 2.48. The van der Waals surface area contributed by atoms with Gasteiger partial charge in [0, 0.05) is 14.7 Å². The molecule has 2 aromatic carbocycles. The van der Waals surface area contributed by atoms with E-state index in [9.17, 15) is 9.59 Å². The molecular formula is C16H12ClIN2O2. The lowest BCUT2D eigenvalue weighted by Crippen LogP contribution is -2.17. The number of benzene rings is 2. The number of nitrogens with two attached hydrogens (primary N) is 1. The lowest BCUT2D eigenvalue weighted by molar-refractivity contribution is -0.111. The molecule has 0 atom stereocenters. The second-order valence-corrected chi connectivity index (χ2v) is 6.11. The van der Waals surface area contributed by atoms with E-state index in [1.54, 1.807) is 42.5 Å². The van der Waals surface area contributed by atoms with Gasteiger partial charge in [0.15, 0.2) is 0 Å². The zero-order valence-electron chi connectivity index (χ0n) is 11.3. The van der Waals surface area contributed by atoms with Crippen LogP contribution in [-0.4, -0.2) is 11.8 Å². The highest BCUT2D eigenvalue weighted by Gasteiger charge is 2.10. The Kier molecular flexibility index (Phi) is 5.57. The first-order valence-corrected chi connectivity index (χ1v) is 7.75. The van der Waals surface area contributed by atoms with Gasteiger partial charge in [-0.2, -0.15) is 0 Å². The largest absolute Gasteiger partial charge is 0.366 e. The summed E-state index contributed by atoms with van der Waals surface area (Å²) in [6, 6.07) is 12.2. The molecule has 0 saturated carbocycles. The standard InChI is InChI=1S/C16H12ClIN2O2/c17-11-3-1-2-10(8-11)4-7-15(21)20-14-6-5-12(18)9-13(14)16(19)22/h1-9H,(H2,19,22)(H,20,21)/b7-4+. The Balaban J connectivity index is 2.14. The van der Waals surface area contributed by atoms with Crippen molar-refractivity contribution in [3.63, 3.8) is 0 Å². The molecule has 2 amide bonds. The van der Waals surface area contributed by atoms with Crippen molar-refractivity contribution < 1.29 is 9.59 Å². The Morgan fingerprint density at radius 1 is 1.18 bits per heavy atom. The summed E-state index contributed by atoms with van der Waals surface area (Å²) in [5.41, 5.74) is 6.78. The van der Waals surface area contributed by atoms with Gasteiger partial charge in [0.2, 0.25) is 5.91 Å². The second kappa shape index (κ2) is 7.42. The molecule has 0 saturated heterocycles. The van der Waals surface area contributed by atoms with E-state index in [0.29, 0.717) is 10.7 Å². The average molecular weight is 427 g/mol. The molecular weight excluding hydrogens is 415 g/mol. The van der Waals surface area contributed by atoms with Crippen molar-refractivity contribution in [1.82, 2.24) is 0 Å². The third kappa shape index (κ3) is 4.57. The van der Waals surface area contributed by atoms with Gasteiger partial charge in [0.1, 0.15) is 0 Å². The zero-order valence-corrected chi connectivity index (χ0v) is 14.3. The molecule has 0 unspecified atom stereocenters. The van der Waals surface area contributed by atoms with E-state index in [1.807, 2.05) is 6.07 Å². The number of hydrogen-bond donors (Lipinski definition) is 2. The number of primary amides is 1. The van der Waals surface area contributed by atoms with Crippen LogP contribution in [0.2, 0.25) is 5.02 Å². The molecule has 3 N–H and O–H groups in total. The van der Waals surface area contributed by atoms with Gasteiger partial charge in [-0.1, -0.05) is 23.7 Å². The van der Waals surface area contributed by atoms with Gasteiger partial charge in [0.05, 0.1) is 11.3 Å². The quantitative estimate of drug-likeness (QED) is 0.578. The fraction of sp³-hybridized carbons (Fsp3) is 0. The van der Waals surface area contributed by atoms with Crippen LogP contribution in [0.5, 0.6) is 0 Å². The first-order valence-electron chi connectivity index (χ1n) is 6.29. The molecule has 6 heteroatoms. The van der Waals surface area contributed by atoms with Crippen molar-refractivity contribution in [2.75, 3.05) is 5.32 Å².